The Morgan fingerprint density at radius 2 is 0.800 bits per heavy atom. The molecule has 4 aromatic rings. The summed E-state index contributed by atoms with van der Waals surface area (Å²) in [6.07, 6.45) is 0. The topological polar surface area (TPSA) is 29.9 Å². The van der Waals surface area contributed by atoms with Crippen LogP contribution < -0.4 is 10.5 Å². The first-order valence-corrected chi connectivity index (χ1v) is 8.34. The van der Waals surface area contributed by atoms with Gasteiger partial charge < -0.3 is 0 Å². The van der Waals surface area contributed by atoms with Gasteiger partial charge in [-0.25, -0.2) is 5.84 Å². The predicted octanol–water partition coefficient (Wildman–Crippen LogP) is 4.69. The van der Waals surface area contributed by atoms with E-state index in [4.69, 9.17) is 5.84 Å². The summed E-state index contributed by atoms with van der Waals surface area (Å²) in [5.41, 5.74) is 6.50. The second-order valence-corrected chi connectivity index (χ2v) is 5.98. The monoisotopic (exact) mass is 323 g/mol. The van der Waals surface area contributed by atoms with Crippen LogP contribution in [0.25, 0.3) is 33.6 Å². The zero-order chi connectivity index (χ0) is 17.1. The number of benzene rings is 3. The Morgan fingerprint density at radius 1 is 0.440 bits per heavy atom. The maximum absolute atomic E-state index is 6.51. The molecule has 2 N–H and O–H groups in total. The van der Waals surface area contributed by atoms with Crippen LogP contribution in [0.4, 0.5) is 0 Å². The minimum atomic E-state index is 0.987. The molecule has 4 rings (SSSR count). The van der Waals surface area contributed by atoms with E-state index in [0.29, 0.717) is 0 Å². The van der Waals surface area contributed by atoms with Crippen LogP contribution in [0.15, 0.2) is 103 Å². The maximum atomic E-state index is 6.51. The van der Waals surface area contributed by atoms with Gasteiger partial charge in [-0.1, -0.05) is 71.4 Å². The summed E-state index contributed by atoms with van der Waals surface area (Å²) in [4.78, 5) is 0. The number of pyridine rings is 1. The van der Waals surface area contributed by atoms with Crippen molar-refractivity contribution in [2.45, 2.75) is 0 Å². The lowest BCUT2D eigenvalue weighted by Crippen LogP contribution is -2.48. The van der Waals surface area contributed by atoms with Gasteiger partial charge in [-0.15, -0.1) is 0 Å². The van der Waals surface area contributed by atoms with Crippen molar-refractivity contribution in [1.29, 1.82) is 0 Å². The Bertz CT molecular complexity index is 918. The summed E-state index contributed by atoms with van der Waals surface area (Å²) in [7, 11) is 0. The fourth-order valence-electron chi connectivity index (χ4n) is 3.07. The highest BCUT2D eigenvalue weighted by Gasteiger charge is 2.20. The van der Waals surface area contributed by atoms with E-state index >= 15 is 0 Å². The maximum Gasteiger partial charge on any atom is 0.243 e. The largest absolute Gasteiger partial charge is 0.243 e. The molecule has 0 atom stereocenters. The van der Waals surface area contributed by atoms with Gasteiger partial charge in [0.1, 0.15) is 0 Å². The van der Waals surface area contributed by atoms with E-state index in [2.05, 4.69) is 60.7 Å². The van der Waals surface area contributed by atoms with Crippen molar-refractivity contribution in [3.8, 4) is 33.6 Å². The quantitative estimate of drug-likeness (QED) is 0.430. The van der Waals surface area contributed by atoms with E-state index in [1.807, 2.05) is 42.5 Å². The number of hydrogen-bond acceptors (Lipinski definition) is 1. The van der Waals surface area contributed by atoms with Crippen molar-refractivity contribution in [3.05, 3.63) is 103 Å². The number of rotatable bonds is 3. The molecule has 0 unspecified atom stereocenters. The van der Waals surface area contributed by atoms with E-state index < -0.39 is 0 Å². The molecule has 0 fully saturated rings. The van der Waals surface area contributed by atoms with Gasteiger partial charge >= 0.3 is 0 Å². The van der Waals surface area contributed by atoms with Crippen molar-refractivity contribution in [2.24, 2.45) is 0 Å². The van der Waals surface area contributed by atoms with Gasteiger partial charge in [0.15, 0.2) is 0 Å². The predicted molar refractivity (Wildman–Crippen MR) is 103 cm³/mol. The molecule has 0 saturated heterocycles. The molecular formula is C23H19N2+. The van der Waals surface area contributed by atoms with Gasteiger partial charge in [0.2, 0.25) is 11.4 Å². The van der Waals surface area contributed by atoms with E-state index in [-0.39, 0.29) is 0 Å². The molecule has 0 aliphatic rings. The first-order valence-electron chi connectivity index (χ1n) is 8.34. The van der Waals surface area contributed by atoms with Crippen LogP contribution in [0.3, 0.4) is 0 Å². The second kappa shape index (κ2) is 6.62. The van der Waals surface area contributed by atoms with Crippen molar-refractivity contribution in [1.82, 2.24) is 0 Å². The van der Waals surface area contributed by atoms with Gasteiger partial charge in [0, 0.05) is 23.3 Å². The van der Waals surface area contributed by atoms with Gasteiger partial charge in [0.25, 0.3) is 0 Å². The third-order valence-corrected chi connectivity index (χ3v) is 4.35. The van der Waals surface area contributed by atoms with Gasteiger partial charge in [-0.2, -0.15) is 0 Å². The van der Waals surface area contributed by atoms with Crippen LogP contribution in [-0.4, -0.2) is 0 Å². The molecule has 2 nitrogen and oxygen atoms in total. The van der Waals surface area contributed by atoms with E-state index in [1.54, 1.807) is 4.68 Å². The van der Waals surface area contributed by atoms with Crippen molar-refractivity contribution in [3.63, 3.8) is 0 Å². The molecule has 0 aliphatic heterocycles. The minimum Gasteiger partial charge on any atom is -0.204 e. The highest BCUT2D eigenvalue weighted by atomic mass is 15.3. The summed E-state index contributed by atoms with van der Waals surface area (Å²) >= 11 is 0. The number of hydrogen-bond donors (Lipinski definition) is 1. The molecular weight excluding hydrogens is 304 g/mol. The van der Waals surface area contributed by atoms with Crippen LogP contribution in [-0.2, 0) is 0 Å². The summed E-state index contributed by atoms with van der Waals surface area (Å²) in [5, 5.41) is 0. The summed E-state index contributed by atoms with van der Waals surface area (Å²) in [6.45, 7) is 0. The summed E-state index contributed by atoms with van der Waals surface area (Å²) < 4.78 is 1.77. The van der Waals surface area contributed by atoms with Gasteiger partial charge in [-0.3, -0.25) is 0 Å². The van der Waals surface area contributed by atoms with Crippen LogP contribution in [0, 0.1) is 0 Å². The zero-order valence-electron chi connectivity index (χ0n) is 13.8. The number of nitrogen functional groups attached to an aromatic ring is 1. The number of nitrogens with two attached hydrogens (primary N) is 1. The average molecular weight is 323 g/mol. The standard InChI is InChI=1S/C23H19N2/c24-25-22(19-12-6-2-7-13-19)16-21(18-10-4-1-5-11-18)17-23(25)20-14-8-3-9-15-20/h1-17H,24H2/q+1. The van der Waals surface area contributed by atoms with Crippen LogP contribution >= 0.6 is 0 Å². The van der Waals surface area contributed by atoms with Gasteiger partial charge in [0.05, 0.1) is 0 Å². The molecule has 0 amide bonds. The first kappa shape index (κ1) is 15.2. The van der Waals surface area contributed by atoms with Crippen LogP contribution in [0.1, 0.15) is 0 Å². The lowest BCUT2D eigenvalue weighted by molar-refractivity contribution is -0.615. The Labute approximate surface area is 147 Å². The molecule has 3 aromatic carbocycles. The Hall–Kier alpha value is -3.39. The fraction of sp³-hybridized carbons (Fsp3) is 0. The van der Waals surface area contributed by atoms with Crippen molar-refractivity contribution in [2.75, 3.05) is 5.84 Å². The average Bonchev–Trinajstić information content (AvgIpc) is 2.70. The Morgan fingerprint density at radius 3 is 1.20 bits per heavy atom. The third kappa shape index (κ3) is 3.02. The van der Waals surface area contributed by atoms with Crippen LogP contribution in [0.5, 0.6) is 0 Å². The highest BCUT2D eigenvalue weighted by molar-refractivity contribution is 5.73. The van der Waals surface area contributed by atoms with Gasteiger partial charge in [-0.05, 0) is 35.4 Å². The summed E-state index contributed by atoms with van der Waals surface area (Å²) in [5.74, 6) is 6.51. The van der Waals surface area contributed by atoms with Crippen molar-refractivity contribution >= 4 is 0 Å². The highest BCUT2D eigenvalue weighted by Crippen LogP contribution is 2.28. The molecule has 0 bridgehead atoms. The second-order valence-electron chi connectivity index (χ2n) is 5.98. The molecule has 0 saturated carbocycles. The fourth-order valence-corrected chi connectivity index (χ4v) is 3.07. The normalized spacial score (nSPS) is 10.6. The first-order chi connectivity index (χ1) is 12.3. The van der Waals surface area contributed by atoms with Crippen LogP contribution in [0.2, 0.25) is 0 Å². The number of nitrogens with zero attached hydrogens (tertiary/aromatic N) is 1. The molecule has 120 valence electrons. The SMILES string of the molecule is N[n+]1c(-c2ccccc2)cc(-c2ccccc2)cc1-c1ccccc1. The van der Waals surface area contributed by atoms with E-state index in [0.717, 1.165) is 28.1 Å². The zero-order valence-corrected chi connectivity index (χ0v) is 13.8. The van der Waals surface area contributed by atoms with Crippen molar-refractivity contribution < 1.29 is 4.68 Å². The molecule has 0 aliphatic carbocycles. The molecule has 1 aromatic heterocycles. The third-order valence-electron chi connectivity index (χ3n) is 4.35. The lowest BCUT2D eigenvalue weighted by atomic mass is 10.00. The molecule has 25 heavy (non-hydrogen) atoms. The smallest absolute Gasteiger partial charge is 0.204 e. The molecule has 0 radical (unpaired) electrons. The molecule has 1 heterocycles. The van der Waals surface area contributed by atoms with E-state index in [1.165, 1.54) is 5.56 Å². The number of aromatic nitrogens is 1. The summed E-state index contributed by atoms with van der Waals surface area (Å²) in [6, 6.07) is 35.2. The molecule has 0 spiro atoms. The van der Waals surface area contributed by atoms with E-state index in [9.17, 15) is 0 Å². The minimum absolute atomic E-state index is 0.987. The molecule has 2 heteroatoms. The Kier molecular flexibility index (Phi) is 4.01. The Balaban J connectivity index is 1.98. The lowest BCUT2D eigenvalue weighted by Gasteiger charge is -2.08.